The lowest BCUT2D eigenvalue weighted by Gasteiger charge is -2.30. The second-order valence-electron chi connectivity index (χ2n) is 6.59. The van der Waals surface area contributed by atoms with Crippen LogP contribution in [0.3, 0.4) is 0 Å². The molecule has 4 rings (SSSR count). The van der Waals surface area contributed by atoms with Gasteiger partial charge in [-0.05, 0) is 17.9 Å². The smallest absolute Gasteiger partial charge is 0.292 e. The van der Waals surface area contributed by atoms with E-state index < -0.39 is 0 Å². The minimum atomic E-state index is -0.210. The van der Waals surface area contributed by atoms with Gasteiger partial charge in [0, 0.05) is 23.1 Å². The predicted octanol–water partition coefficient (Wildman–Crippen LogP) is 3.14. The first kappa shape index (κ1) is 12.4. The number of furan rings is 1. The number of carbonyl (C=O) groups is 1. The summed E-state index contributed by atoms with van der Waals surface area (Å²) in [7, 11) is 0. The van der Waals surface area contributed by atoms with Crippen molar-refractivity contribution >= 4 is 17.4 Å². The van der Waals surface area contributed by atoms with Crippen LogP contribution in [0, 0.1) is 5.41 Å². The number of hydrogen-bond acceptors (Lipinski definition) is 5. The fourth-order valence-corrected chi connectivity index (χ4v) is 3.53. The van der Waals surface area contributed by atoms with Crippen molar-refractivity contribution in [1.82, 2.24) is 4.98 Å². The number of nitrogen functional groups attached to an aromatic ring is 1. The summed E-state index contributed by atoms with van der Waals surface area (Å²) in [5.74, 6) is 0.632. The molecule has 5 heteroatoms. The predicted molar refractivity (Wildman–Crippen MR) is 76.4 cm³/mol. The molecule has 0 fully saturated rings. The van der Waals surface area contributed by atoms with Gasteiger partial charge in [-0.2, -0.15) is 4.98 Å². The monoisotopic (exact) mass is 284 g/mol. The Kier molecular flexibility index (Phi) is 2.29. The van der Waals surface area contributed by atoms with E-state index in [4.69, 9.17) is 14.6 Å². The van der Waals surface area contributed by atoms with Crippen LogP contribution in [0.2, 0.25) is 0 Å². The van der Waals surface area contributed by atoms with E-state index >= 15 is 0 Å². The maximum atomic E-state index is 12.7. The summed E-state index contributed by atoms with van der Waals surface area (Å²) in [6.45, 7) is 4.19. The zero-order chi connectivity index (χ0) is 14.8. The quantitative estimate of drug-likeness (QED) is 0.869. The third-order valence-electron chi connectivity index (χ3n) is 4.30. The Morgan fingerprint density at radius 3 is 2.90 bits per heavy atom. The largest absolute Gasteiger partial charge is 0.472 e. The first-order valence-electron chi connectivity index (χ1n) is 7.01. The van der Waals surface area contributed by atoms with Crippen molar-refractivity contribution in [3.63, 3.8) is 0 Å². The molecule has 2 aromatic heterocycles. The number of anilines is 1. The van der Waals surface area contributed by atoms with Crippen molar-refractivity contribution in [3.05, 3.63) is 41.2 Å². The van der Waals surface area contributed by atoms with Crippen LogP contribution in [0.5, 0.6) is 0 Å². The molecule has 0 spiro atoms. The highest BCUT2D eigenvalue weighted by molar-refractivity contribution is 6.08. The van der Waals surface area contributed by atoms with Gasteiger partial charge < -0.3 is 14.6 Å². The number of hydrogen-bond donors (Lipinski definition) is 1. The van der Waals surface area contributed by atoms with Crippen LogP contribution in [-0.2, 0) is 4.79 Å². The van der Waals surface area contributed by atoms with Crippen LogP contribution in [-0.4, -0.2) is 10.8 Å². The molecule has 0 amide bonds. The molecule has 0 aromatic carbocycles. The van der Waals surface area contributed by atoms with Crippen molar-refractivity contribution in [2.75, 3.05) is 5.73 Å². The molecular weight excluding hydrogens is 268 g/mol. The van der Waals surface area contributed by atoms with Gasteiger partial charge in [-0.25, -0.2) is 0 Å². The molecule has 0 radical (unpaired) electrons. The van der Waals surface area contributed by atoms with Gasteiger partial charge in [-0.15, -0.1) is 0 Å². The lowest BCUT2D eigenvalue weighted by molar-refractivity contribution is -0.117. The number of nitrogens with zero attached hydrogens (tertiary/aromatic N) is 1. The standard InChI is InChI=1S/C16H16N2O3/c1-16(2)5-9-12(10(19)6-16)11(8-3-4-20-7-8)13-14(9)21-15(17)18-13/h3-4,7,11H,5-6H2,1-2H3,(H2,17,18). The van der Waals surface area contributed by atoms with Gasteiger partial charge in [0.2, 0.25) is 0 Å². The van der Waals surface area contributed by atoms with Crippen LogP contribution < -0.4 is 5.73 Å². The summed E-state index contributed by atoms with van der Waals surface area (Å²) in [6.07, 6.45) is 4.60. The third-order valence-corrected chi connectivity index (χ3v) is 4.30. The highest BCUT2D eigenvalue weighted by atomic mass is 16.4. The molecule has 0 bridgehead atoms. The Morgan fingerprint density at radius 2 is 2.19 bits per heavy atom. The summed E-state index contributed by atoms with van der Waals surface area (Å²) in [6, 6.07) is 2.01. The Morgan fingerprint density at radius 1 is 1.38 bits per heavy atom. The molecule has 1 atom stereocenters. The van der Waals surface area contributed by atoms with Crippen LogP contribution in [0.1, 0.15) is 49.6 Å². The van der Waals surface area contributed by atoms with Gasteiger partial charge in [0.25, 0.3) is 6.01 Å². The lowest BCUT2D eigenvalue weighted by Crippen LogP contribution is -2.25. The molecule has 2 heterocycles. The minimum absolute atomic E-state index is 0.0694. The molecule has 0 aliphatic heterocycles. The molecule has 5 nitrogen and oxygen atoms in total. The molecule has 2 aliphatic carbocycles. The molecule has 0 saturated heterocycles. The van der Waals surface area contributed by atoms with Gasteiger partial charge in [-0.3, -0.25) is 4.79 Å². The molecule has 108 valence electrons. The SMILES string of the molecule is CC1(C)CC(=O)C2=C(C1)c1oc(N)nc1C2c1ccoc1. The van der Waals surface area contributed by atoms with Gasteiger partial charge in [0.1, 0.15) is 5.69 Å². The van der Waals surface area contributed by atoms with Gasteiger partial charge in [0.15, 0.2) is 11.5 Å². The Bertz CT molecular complexity index is 766. The van der Waals surface area contributed by atoms with E-state index in [0.29, 0.717) is 12.2 Å². The van der Waals surface area contributed by atoms with Gasteiger partial charge in [0.05, 0.1) is 18.4 Å². The van der Waals surface area contributed by atoms with Gasteiger partial charge in [-0.1, -0.05) is 13.8 Å². The maximum absolute atomic E-state index is 12.7. The number of aromatic nitrogens is 1. The van der Waals surface area contributed by atoms with Crippen LogP contribution in [0.25, 0.3) is 5.57 Å². The van der Waals surface area contributed by atoms with Crippen molar-refractivity contribution in [2.24, 2.45) is 5.41 Å². The molecule has 2 N–H and O–H groups in total. The Labute approximate surface area is 121 Å². The zero-order valence-corrected chi connectivity index (χ0v) is 12.0. The Hall–Kier alpha value is -2.30. The number of Topliss-reactive ketones (excluding diaryl/α,β-unsaturated/α-hetero) is 1. The molecule has 1 unspecified atom stereocenters. The second kappa shape index (κ2) is 3.87. The summed E-state index contributed by atoms with van der Waals surface area (Å²) in [4.78, 5) is 17.0. The van der Waals surface area contributed by atoms with E-state index in [1.165, 1.54) is 0 Å². The number of rotatable bonds is 1. The van der Waals surface area contributed by atoms with E-state index in [1.807, 2.05) is 6.07 Å². The number of fused-ring (bicyclic) bond motifs is 2. The topological polar surface area (TPSA) is 82.3 Å². The normalized spacial score (nSPS) is 23.3. The number of nitrogens with two attached hydrogens (primary N) is 1. The molecule has 2 aliphatic rings. The van der Waals surface area contributed by atoms with E-state index in [9.17, 15) is 4.79 Å². The van der Waals surface area contributed by atoms with Crippen molar-refractivity contribution in [1.29, 1.82) is 0 Å². The van der Waals surface area contributed by atoms with E-state index in [-0.39, 0.29) is 23.1 Å². The summed E-state index contributed by atoms with van der Waals surface area (Å²) < 4.78 is 10.8. The zero-order valence-electron chi connectivity index (χ0n) is 12.0. The third kappa shape index (κ3) is 1.70. The minimum Gasteiger partial charge on any atom is -0.472 e. The van der Waals surface area contributed by atoms with Crippen molar-refractivity contribution in [2.45, 2.75) is 32.6 Å². The number of ketones is 1. The average molecular weight is 284 g/mol. The molecular formula is C16H16N2O3. The number of carbonyl (C=O) groups excluding carboxylic acids is 1. The molecule has 21 heavy (non-hydrogen) atoms. The lowest BCUT2D eigenvalue weighted by atomic mass is 9.72. The van der Waals surface area contributed by atoms with E-state index in [1.54, 1.807) is 12.5 Å². The van der Waals surface area contributed by atoms with Crippen molar-refractivity contribution < 1.29 is 13.6 Å². The summed E-state index contributed by atoms with van der Waals surface area (Å²) in [5.41, 5.74) is 9.07. The first-order valence-corrected chi connectivity index (χ1v) is 7.01. The summed E-state index contributed by atoms with van der Waals surface area (Å²) >= 11 is 0. The maximum Gasteiger partial charge on any atom is 0.292 e. The van der Waals surface area contributed by atoms with Crippen LogP contribution in [0.4, 0.5) is 6.01 Å². The van der Waals surface area contributed by atoms with Crippen molar-refractivity contribution in [3.8, 4) is 0 Å². The number of allylic oxidation sites excluding steroid dienone is 2. The highest BCUT2D eigenvalue weighted by Crippen LogP contribution is 2.54. The van der Waals surface area contributed by atoms with E-state index in [0.717, 1.165) is 28.8 Å². The first-order chi connectivity index (χ1) is 9.96. The fraction of sp³-hybridized carbons (Fsp3) is 0.375. The van der Waals surface area contributed by atoms with Crippen LogP contribution in [0.15, 0.2) is 33.0 Å². The number of oxazole rings is 1. The van der Waals surface area contributed by atoms with E-state index in [2.05, 4.69) is 18.8 Å². The molecule has 0 saturated carbocycles. The van der Waals surface area contributed by atoms with Gasteiger partial charge >= 0.3 is 0 Å². The fourth-order valence-electron chi connectivity index (χ4n) is 3.53. The average Bonchev–Trinajstić information content (AvgIpc) is 3.04. The molecule has 2 aromatic rings. The van der Waals surface area contributed by atoms with Crippen LogP contribution >= 0.6 is 0 Å². The highest BCUT2D eigenvalue weighted by Gasteiger charge is 2.46. The second-order valence-corrected chi connectivity index (χ2v) is 6.59. The summed E-state index contributed by atoms with van der Waals surface area (Å²) in [5, 5.41) is 0. The Balaban J connectivity index is 1.95.